The molecule has 0 aliphatic rings. The van der Waals surface area contributed by atoms with E-state index in [1.54, 1.807) is 23.9 Å². The number of amides is 1. The highest BCUT2D eigenvalue weighted by atomic mass is 16.2. The summed E-state index contributed by atoms with van der Waals surface area (Å²) in [7, 11) is 1.74. The Balaban J connectivity index is 1.86. The molecule has 25 heavy (non-hydrogen) atoms. The largest absolute Gasteiger partial charge is 0.346 e. The molecule has 2 aromatic heterocycles. The SMILES string of the molecule is CC(=O)c1cc(C(=O)Nc2cccc(-n3nc(C)cc3C)c2)n(C)c1. The predicted octanol–water partition coefficient (Wildman–Crippen LogP) is 3.28. The van der Waals surface area contributed by atoms with Gasteiger partial charge in [0.2, 0.25) is 0 Å². The molecule has 0 atom stereocenters. The first-order valence-electron chi connectivity index (χ1n) is 7.97. The second-order valence-corrected chi connectivity index (χ2v) is 6.12. The maximum absolute atomic E-state index is 12.5. The highest BCUT2D eigenvalue weighted by molar-refractivity contribution is 6.05. The zero-order valence-electron chi connectivity index (χ0n) is 14.7. The number of hydrogen-bond acceptors (Lipinski definition) is 3. The molecule has 0 saturated carbocycles. The van der Waals surface area contributed by atoms with Gasteiger partial charge < -0.3 is 9.88 Å². The molecule has 128 valence electrons. The zero-order chi connectivity index (χ0) is 18.1. The minimum atomic E-state index is -0.263. The van der Waals surface area contributed by atoms with Crippen LogP contribution in [0.1, 0.15) is 39.2 Å². The molecule has 6 heteroatoms. The van der Waals surface area contributed by atoms with Gasteiger partial charge in [-0.2, -0.15) is 5.10 Å². The van der Waals surface area contributed by atoms with Crippen molar-refractivity contribution in [3.8, 4) is 5.69 Å². The summed E-state index contributed by atoms with van der Waals surface area (Å²) < 4.78 is 3.48. The molecule has 3 aromatic rings. The first-order valence-corrected chi connectivity index (χ1v) is 7.97. The van der Waals surface area contributed by atoms with Crippen LogP contribution in [0.3, 0.4) is 0 Å². The third kappa shape index (κ3) is 3.38. The Morgan fingerprint density at radius 2 is 1.88 bits per heavy atom. The average Bonchev–Trinajstić information content (AvgIpc) is 3.10. The number of nitrogens with one attached hydrogen (secondary N) is 1. The van der Waals surface area contributed by atoms with E-state index in [0.29, 0.717) is 16.9 Å². The Bertz CT molecular complexity index is 966. The van der Waals surface area contributed by atoms with E-state index >= 15 is 0 Å². The molecule has 0 radical (unpaired) electrons. The monoisotopic (exact) mass is 336 g/mol. The van der Waals surface area contributed by atoms with Crippen LogP contribution in [0.2, 0.25) is 0 Å². The van der Waals surface area contributed by atoms with E-state index < -0.39 is 0 Å². The molecule has 0 aliphatic carbocycles. The Labute approximate surface area is 146 Å². The third-order valence-electron chi connectivity index (χ3n) is 4.00. The van der Waals surface area contributed by atoms with Crippen molar-refractivity contribution in [1.29, 1.82) is 0 Å². The number of Topliss-reactive ketones (excluding diaryl/α,β-unsaturated/α-hetero) is 1. The molecular formula is C19H20N4O2. The van der Waals surface area contributed by atoms with Crippen LogP contribution < -0.4 is 5.32 Å². The summed E-state index contributed by atoms with van der Waals surface area (Å²) in [4.78, 5) is 24.0. The fourth-order valence-corrected chi connectivity index (χ4v) is 2.78. The molecule has 0 bridgehead atoms. The van der Waals surface area contributed by atoms with Crippen LogP contribution in [0.4, 0.5) is 5.69 Å². The van der Waals surface area contributed by atoms with E-state index in [1.807, 2.05) is 48.9 Å². The summed E-state index contributed by atoms with van der Waals surface area (Å²) in [5.74, 6) is -0.332. The van der Waals surface area contributed by atoms with Gasteiger partial charge in [-0.1, -0.05) is 6.07 Å². The molecule has 6 nitrogen and oxygen atoms in total. The lowest BCUT2D eigenvalue weighted by Crippen LogP contribution is -2.15. The third-order valence-corrected chi connectivity index (χ3v) is 4.00. The van der Waals surface area contributed by atoms with Gasteiger partial charge in [0.15, 0.2) is 5.78 Å². The summed E-state index contributed by atoms with van der Waals surface area (Å²) in [5, 5.41) is 7.33. The minimum Gasteiger partial charge on any atom is -0.346 e. The molecular weight excluding hydrogens is 316 g/mol. The number of ketones is 1. The van der Waals surface area contributed by atoms with Crippen LogP contribution in [-0.2, 0) is 7.05 Å². The van der Waals surface area contributed by atoms with E-state index in [0.717, 1.165) is 17.1 Å². The minimum absolute atomic E-state index is 0.0684. The maximum Gasteiger partial charge on any atom is 0.272 e. The van der Waals surface area contributed by atoms with Crippen LogP contribution in [-0.4, -0.2) is 26.0 Å². The summed E-state index contributed by atoms with van der Waals surface area (Å²) in [6.45, 7) is 5.41. The number of rotatable bonds is 4. The van der Waals surface area contributed by atoms with Gasteiger partial charge in [0.25, 0.3) is 5.91 Å². The summed E-state index contributed by atoms with van der Waals surface area (Å²) in [6.07, 6.45) is 1.66. The Hall–Kier alpha value is -3.15. The topological polar surface area (TPSA) is 68.9 Å². The van der Waals surface area contributed by atoms with Crippen LogP contribution in [0, 0.1) is 13.8 Å². The van der Waals surface area contributed by atoms with Crippen molar-refractivity contribution in [1.82, 2.24) is 14.3 Å². The quantitative estimate of drug-likeness (QED) is 0.743. The smallest absolute Gasteiger partial charge is 0.272 e. The van der Waals surface area contributed by atoms with Gasteiger partial charge in [-0.05, 0) is 51.1 Å². The number of carbonyl (C=O) groups is 2. The normalized spacial score (nSPS) is 10.7. The first-order chi connectivity index (χ1) is 11.8. The van der Waals surface area contributed by atoms with E-state index in [-0.39, 0.29) is 11.7 Å². The number of hydrogen-bond donors (Lipinski definition) is 1. The van der Waals surface area contributed by atoms with E-state index in [2.05, 4.69) is 10.4 Å². The van der Waals surface area contributed by atoms with Gasteiger partial charge in [-0.15, -0.1) is 0 Å². The molecule has 0 unspecified atom stereocenters. The van der Waals surface area contributed by atoms with Crippen molar-refractivity contribution in [3.05, 3.63) is 65.2 Å². The molecule has 1 aromatic carbocycles. The Morgan fingerprint density at radius 1 is 1.12 bits per heavy atom. The van der Waals surface area contributed by atoms with Gasteiger partial charge in [-0.3, -0.25) is 9.59 Å². The number of aryl methyl sites for hydroxylation is 3. The molecule has 1 amide bonds. The zero-order valence-corrected chi connectivity index (χ0v) is 14.7. The van der Waals surface area contributed by atoms with Crippen LogP contribution in [0.5, 0.6) is 0 Å². The molecule has 3 rings (SSSR count). The van der Waals surface area contributed by atoms with Gasteiger partial charge in [0.1, 0.15) is 5.69 Å². The van der Waals surface area contributed by atoms with Crippen molar-refractivity contribution in [2.45, 2.75) is 20.8 Å². The Kier molecular flexibility index (Phi) is 4.27. The van der Waals surface area contributed by atoms with Crippen molar-refractivity contribution in [2.24, 2.45) is 7.05 Å². The van der Waals surface area contributed by atoms with E-state index in [9.17, 15) is 9.59 Å². The van der Waals surface area contributed by atoms with Crippen LogP contribution >= 0.6 is 0 Å². The molecule has 0 fully saturated rings. The molecule has 2 heterocycles. The Morgan fingerprint density at radius 3 is 2.48 bits per heavy atom. The number of nitrogens with zero attached hydrogens (tertiary/aromatic N) is 3. The number of anilines is 1. The lowest BCUT2D eigenvalue weighted by atomic mass is 10.2. The summed E-state index contributed by atoms with van der Waals surface area (Å²) in [6, 6.07) is 11.1. The average molecular weight is 336 g/mol. The fraction of sp³-hybridized carbons (Fsp3) is 0.211. The van der Waals surface area contributed by atoms with Crippen molar-refractivity contribution in [3.63, 3.8) is 0 Å². The van der Waals surface area contributed by atoms with Crippen LogP contribution in [0.25, 0.3) is 5.69 Å². The lowest BCUT2D eigenvalue weighted by Gasteiger charge is -2.09. The highest BCUT2D eigenvalue weighted by Gasteiger charge is 2.14. The number of carbonyl (C=O) groups excluding carboxylic acids is 2. The fourth-order valence-electron chi connectivity index (χ4n) is 2.78. The van der Waals surface area contributed by atoms with Gasteiger partial charge in [0.05, 0.1) is 11.4 Å². The lowest BCUT2D eigenvalue weighted by molar-refractivity contribution is 0.101. The van der Waals surface area contributed by atoms with Crippen molar-refractivity contribution < 1.29 is 9.59 Å². The standard InChI is InChI=1S/C19H20N4O2/c1-12-8-13(2)23(21-12)17-7-5-6-16(10-17)20-19(25)18-9-15(14(3)24)11-22(18)4/h5-11H,1-4H3,(H,20,25). The molecule has 0 saturated heterocycles. The van der Waals surface area contributed by atoms with E-state index in [1.165, 1.54) is 6.92 Å². The first kappa shape index (κ1) is 16.7. The highest BCUT2D eigenvalue weighted by Crippen LogP contribution is 2.18. The van der Waals surface area contributed by atoms with Crippen LogP contribution in [0.15, 0.2) is 42.6 Å². The molecule has 1 N–H and O–H groups in total. The van der Waals surface area contributed by atoms with Gasteiger partial charge in [0, 0.05) is 30.2 Å². The summed E-state index contributed by atoms with van der Waals surface area (Å²) in [5.41, 5.74) is 4.45. The van der Waals surface area contributed by atoms with Crippen molar-refractivity contribution in [2.75, 3.05) is 5.32 Å². The number of benzene rings is 1. The maximum atomic E-state index is 12.5. The number of aromatic nitrogens is 3. The molecule has 0 spiro atoms. The predicted molar refractivity (Wildman–Crippen MR) is 96.4 cm³/mol. The van der Waals surface area contributed by atoms with Gasteiger partial charge >= 0.3 is 0 Å². The summed E-state index contributed by atoms with van der Waals surface area (Å²) >= 11 is 0. The second kappa shape index (κ2) is 6.39. The van der Waals surface area contributed by atoms with Gasteiger partial charge in [-0.25, -0.2) is 4.68 Å². The molecule has 0 aliphatic heterocycles. The van der Waals surface area contributed by atoms with E-state index in [4.69, 9.17) is 0 Å². The van der Waals surface area contributed by atoms with Crippen molar-refractivity contribution >= 4 is 17.4 Å². The second-order valence-electron chi connectivity index (χ2n) is 6.12.